The standard InChI is InChI=1S/C12H22N2O/c1-4-6-12(3,5-2)11-9-13-14(10-11)7-8-15/h9-10,15H,4-8H2,1-3H3. The average molecular weight is 210 g/mol. The molecule has 0 spiro atoms. The molecule has 0 amide bonds. The smallest absolute Gasteiger partial charge is 0.0640 e. The van der Waals surface area contributed by atoms with E-state index in [2.05, 4.69) is 32.1 Å². The minimum absolute atomic E-state index is 0.151. The van der Waals surface area contributed by atoms with Gasteiger partial charge in [-0.15, -0.1) is 0 Å². The first-order chi connectivity index (χ1) is 7.16. The van der Waals surface area contributed by atoms with Crippen LogP contribution in [-0.4, -0.2) is 21.5 Å². The van der Waals surface area contributed by atoms with E-state index in [1.165, 1.54) is 18.4 Å². The van der Waals surface area contributed by atoms with Crippen LogP contribution in [0.15, 0.2) is 12.4 Å². The predicted molar refractivity (Wildman–Crippen MR) is 61.9 cm³/mol. The molecule has 0 saturated carbocycles. The van der Waals surface area contributed by atoms with Gasteiger partial charge in [0.1, 0.15) is 0 Å². The van der Waals surface area contributed by atoms with Crippen molar-refractivity contribution >= 4 is 0 Å². The summed E-state index contributed by atoms with van der Waals surface area (Å²) >= 11 is 0. The highest BCUT2D eigenvalue weighted by Crippen LogP contribution is 2.31. The van der Waals surface area contributed by atoms with Crippen molar-refractivity contribution in [3.63, 3.8) is 0 Å². The van der Waals surface area contributed by atoms with Crippen molar-refractivity contribution in [2.24, 2.45) is 0 Å². The van der Waals surface area contributed by atoms with Gasteiger partial charge in [-0.1, -0.05) is 27.2 Å². The second kappa shape index (κ2) is 5.31. The molecule has 15 heavy (non-hydrogen) atoms. The van der Waals surface area contributed by atoms with Gasteiger partial charge in [0.05, 0.1) is 19.3 Å². The van der Waals surface area contributed by atoms with Gasteiger partial charge >= 0.3 is 0 Å². The summed E-state index contributed by atoms with van der Waals surface area (Å²) in [7, 11) is 0. The maximum atomic E-state index is 8.83. The summed E-state index contributed by atoms with van der Waals surface area (Å²) in [5.74, 6) is 0. The lowest BCUT2D eigenvalue weighted by Crippen LogP contribution is -2.19. The Labute approximate surface area is 92.1 Å². The van der Waals surface area contributed by atoms with Crippen molar-refractivity contribution < 1.29 is 5.11 Å². The zero-order valence-electron chi connectivity index (χ0n) is 10.0. The summed E-state index contributed by atoms with van der Waals surface area (Å²) in [6, 6.07) is 0. The number of aromatic nitrogens is 2. The van der Waals surface area contributed by atoms with Gasteiger partial charge in [0.15, 0.2) is 0 Å². The number of rotatable bonds is 6. The maximum Gasteiger partial charge on any atom is 0.0640 e. The molecule has 1 unspecified atom stereocenters. The van der Waals surface area contributed by atoms with Crippen molar-refractivity contribution in [2.45, 2.75) is 52.0 Å². The first-order valence-electron chi connectivity index (χ1n) is 5.80. The fourth-order valence-corrected chi connectivity index (χ4v) is 1.98. The van der Waals surface area contributed by atoms with Crippen LogP contribution in [0.2, 0.25) is 0 Å². The first-order valence-corrected chi connectivity index (χ1v) is 5.80. The Balaban J connectivity index is 2.82. The van der Waals surface area contributed by atoms with Gasteiger partial charge in [-0.05, 0) is 23.8 Å². The quantitative estimate of drug-likeness (QED) is 0.782. The SMILES string of the molecule is CCCC(C)(CC)c1cnn(CCO)c1. The fourth-order valence-electron chi connectivity index (χ4n) is 1.98. The van der Waals surface area contributed by atoms with Crippen LogP contribution < -0.4 is 0 Å². The van der Waals surface area contributed by atoms with E-state index in [0.717, 1.165) is 6.42 Å². The molecule has 3 heteroatoms. The second-order valence-corrected chi connectivity index (χ2v) is 4.38. The van der Waals surface area contributed by atoms with E-state index < -0.39 is 0 Å². The van der Waals surface area contributed by atoms with E-state index in [1.54, 1.807) is 0 Å². The van der Waals surface area contributed by atoms with Crippen LogP contribution in [-0.2, 0) is 12.0 Å². The molecule has 1 aromatic rings. The fraction of sp³-hybridized carbons (Fsp3) is 0.750. The molecule has 0 aliphatic rings. The zero-order chi connectivity index (χ0) is 11.3. The lowest BCUT2D eigenvalue weighted by atomic mass is 9.78. The molecule has 1 aromatic heterocycles. The van der Waals surface area contributed by atoms with E-state index in [4.69, 9.17) is 5.11 Å². The van der Waals surface area contributed by atoms with Crippen molar-refractivity contribution in [1.82, 2.24) is 9.78 Å². The van der Waals surface area contributed by atoms with Gasteiger partial charge < -0.3 is 5.11 Å². The summed E-state index contributed by atoms with van der Waals surface area (Å²) < 4.78 is 1.82. The average Bonchev–Trinajstić information content (AvgIpc) is 2.68. The van der Waals surface area contributed by atoms with Crippen LogP contribution in [0.3, 0.4) is 0 Å². The van der Waals surface area contributed by atoms with Crippen LogP contribution in [0.4, 0.5) is 0 Å². The largest absolute Gasteiger partial charge is 0.394 e. The van der Waals surface area contributed by atoms with Crippen LogP contribution in [0.25, 0.3) is 0 Å². The Morgan fingerprint density at radius 2 is 2.20 bits per heavy atom. The summed E-state index contributed by atoms with van der Waals surface area (Å²) in [6.45, 7) is 7.46. The van der Waals surface area contributed by atoms with Crippen LogP contribution in [0.5, 0.6) is 0 Å². The molecular formula is C12H22N2O. The van der Waals surface area contributed by atoms with E-state index >= 15 is 0 Å². The topological polar surface area (TPSA) is 38.0 Å². The Hall–Kier alpha value is -0.830. The van der Waals surface area contributed by atoms with Crippen molar-refractivity contribution in [1.29, 1.82) is 0 Å². The molecule has 0 saturated heterocycles. The van der Waals surface area contributed by atoms with Gasteiger partial charge in [-0.2, -0.15) is 5.10 Å². The number of nitrogens with zero attached hydrogens (tertiary/aromatic N) is 2. The predicted octanol–water partition coefficient (Wildman–Crippen LogP) is 2.34. The molecule has 0 aliphatic carbocycles. The third-order valence-corrected chi connectivity index (χ3v) is 3.24. The van der Waals surface area contributed by atoms with Crippen LogP contribution in [0.1, 0.15) is 45.6 Å². The molecular weight excluding hydrogens is 188 g/mol. The summed E-state index contributed by atoms with van der Waals surface area (Å²) in [5, 5.41) is 13.1. The number of aliphatic hydroxyl groups is 1. The number of aliphatic hydroxyl groups excluding tert-OH is 1. The summed E-state index contributed by atoms with van der Waals surface area (Å²) in [4.78, 5) is 0. The van der Waals surface area contributed by atoms with Gasteiger partial charge in [0.2, 0.25) is 0 Å². The van der Waals surface area contributed by atoms with Gasteiger partial charge in [-0.25, -0.2) is 0 Å². The first kappa shape index (κ1) is 12.2. The highest BCUT2D eigenvalue weighted by atomic mass is 16.3. The minimum Gasteiger partial charge on any atom is -0.394 e. The minimum atomic E-state index is 0.151. The Morgan fingerprint density at radius 1 is 1.47 bits per heavy atom. The molecule has 1 atom stereocenters. The molecule has 0 bridgehead atoms. The third kappa shape index (κ3) is 2.81. The summed E-state index contributed by atoms with van der Waals surface area (Å²) in [6.07, 6.45) is 7.51. The summed E-state index contributed by atoms with van der Waals surface area (Å²) in [5.41, 5.74) is 1.53. The highest BCUT2D eigenvalue weighted by molar-refractivity contribution is 5.17. The highest BCUT2D eigenvalue weighted by Gasteiger charge is 2.24. The van der Waals surface area contributed by atoms with Crippen LogP contribution in [0, 0.1) is 0 Å². The Morgan fingerprint density at radius 3 is 2.73 bits per heavy atom. The van der Waals surface area contributed by atoms with E-state index in [9.17, 15) is 0 Å². The van der Waals surface area contributed by atoms with Gasteiger partial charge in [0.25, 0.3) is 0 Å². The van der Waals surface area contributed by atoms with Crippen molar-refractivity contribution in [3.8, 4) is 0 Å². The second-order valence-electron chi connectivity index (χ2n) is 4.38. The lowest BCUT2D eigenvalue weighted by Gasteiger charge is -2.26. The number of hydrogen-bond donors (Lipinski definition) is 1. The van der Waals surface area contributed by atoms with Gasteiger partial charge in [0, 0.05) is 6.20 Å². The molecule has 86 valence electrons. The molecule has 0 fully saturated rings. The Bertz CT molecular complexity index is 296. The van der Waals surface area contributed by atoms with E-state index in [1.807, 2.05) is 10.9 Å². The molecule has 0 radical (unpaired) electrons. The molecule has 1 rings (SSSR count). The molecule has 3 nitrogen and oxygen atoms in total. The van der Waals surface area contributed by atoms with Crippen molar-refractivity contribution in [2.75, 3.05) is 6.61 Å². The maximum absolute atomic E-state index is 8.83. The monoisotopic (exact) mass is 210 g/mol. The lowest BCUT2D eigenvalue weighted by molar-refractivity contribution is 0.269. The van der Waals surface area contributed by atoms with Crippen molar-refractivity contribution in [3.05, 3.63) is 18.0 Å². The molecule has 1 heterocycles. The van der Waals surface area contributed by atoms with Gasteiger partial charge in [-0.3, -0.25) is 4.68 Å². The molecule has 0 aliphatic heterocycles. The van der Waals surface area contributed by atoms with E-state index in [0.29, 0.717) is 6.54 Å². The zero-order valence-corrected chi connectivity index (χ0v) is 10.0. The Kier molecular flexibility index (Phi) is 4.33. The van der Waals surface area contributed by atoms with Crippen LogP contribution >= 0.6 is 0 Å². The molecule has 1 N–H and O–H groups in total. The number of hydrogen-bond acceptors (Lipinski definition) is 2. The third-order valence-electron chi connectivity index (χ3n) is 3.24. The normalized spacial score (nSPS) is 15.2. The van der Waals surface area contributed by atoms with E-state index in [-0.39, 0.29) is 12.0 Å². The molecule has 0 aromatic carbocycles.